The second-order valence-electron chi connectivity index (χ2n) is 5.60. The van der Waals surface area contributed by atoms with Gasteiger partial charge < -0.3 is 25.5 Å². The standard InChI is InChI=1S/C18H19N3O4/c1-19-11-8-12(20-2)15(21-3)18-14(11)16(24)10-6-4-5-9(7-13(22)23)17(10)25-18/h4-6,8,19-21H,7H2,1-3H3,(H,22,23). The highest BCUT2D eigenvalue weighted by atomic mass is 16.4. The summed E-state index contributed by atoms with van der Waals surface area (Å²) in [4.78, 5) is 24.2. The van der Waals surface area contributed by atoms with Crippen LogP contribution in [0.5, 0.6) is 0 Å². The fourth-order valence-corrected chi connectivity index (χ4v) is 3.05. The summed E-state index contributed by atoms with van der Waals surface area (Å²) < 4.78 is 6.06. The van der Waals surface area contributed by atoms with Crippen LogP contribution in [-0.4, -0.2) is 32.2 Å². The van der Waals surface area contributed by atoms with Crippen LogP contribution in [0.2, 0.25) is 0 Å². The van der Waals surface area contributed by atoms with Gasteiger partial charge in [-0.1, -0.05) is 12.1 Å². The lowest BCUT2D eigenvalue weighted by molar-refractivity contribution is -0.136. The summed E-state index contributed by atoms with van der Waals surface area (Å²) in [6, 6.07) is 6.81. The molecule has 2 aromatic carbocycles. The van der Waals surface area contributed by atoms with Crippen molar-refractivity contribution in [1.82, 2.24) is 0 Å². The van der Waals surface area contributed by atoms with E-state index >= 15 is 0 Å². The van der Waals surface area contributed by atoms with Gasteiger partial charge in [-0.2, -0.15) is 0 Å². The van der Waals surface area contributed by atoms with Gasteiger partial charge in [0, 0.05) is 26.7 Å². The molecule has 0 bridgehead atoms. The lowest BCUT2D eigenvalue weighted by atomic mass is 10.0. The molecule has 0 aliphatic heterocycles. The van der Waals surface area contributed by atoms with Gasteiger partial charge in [0.25, 0.3) is 0 Å². The molecular weight excluding hydrogens is 322 g/mol. The molecule has 0 saturated heterocycles. The number of benzene rings is 2. The highest BCUT2D eigenvalue weighted by Crippen LogP contribution is 2.37. The molecule has 0 saturated carbocycles. The van der Waals surface area contributed by atoms with Crippen molar-refractivity contribution in [3.05, 3.63) is 40.1 Å². The van der Waals surface area contributed by atoms with E-state index < -0.39 is 5.97 Å². The Balaban J connectivity index is 2.53. The molecule has 0 aliphatic carbocycles. The van der Waals surface area contributed by atoms with Gasteiger partial charge in [0.2, 0.25) is 5.43 Å². The second kappa shape index (κ2) is 6.35. The van der Waals surface area contributed by atoms with Crippen molar-refractivity contribution in [3.8, 4) is 0 Å². The first-order valence-corrected chi connectivity index (χ1v) is 7.82. The molecule has 130 valence electrons. The third kappa shape index (κ3) is 2.63. The largest absolute Gasteiger partial charge is 0.481 e. The maximum atomic E-state index is 13.1. The van der Waals surface area contributed by atoms with Crippen molar-refractivity contribution < 1.29 is 14.3 Å². The number of nitrogens with one attached hydrogen (secondary N) is 3. The number of aliphatic carboxylic acids is 1. The third-order valence-corrected chi connectivity index (χ3v) is 4.18. The summed E-state index contributed by atoms with van der Waals surface area (Å²) in [5.41, 5.74) is 2.98. The van der Waals surface area contributed by atoms with Crippen LogP contribution in [0.25, 0.3) is 21.9 Å². The number of carbonyl (C=O) groups is 1. The van der Waals surface area contributed by atoms with Gasteiger partial charge in [-0.15, -0.1) is 0 Å². The van der Waals surface area contributed by atoms with Crippen molar-refractivity contribution in [1.29, 1.82) is 0 Å². The first-order valence-electron chi connectivity index (χ1n) is 7.82. The highest BCUT2D eigenvalue weighted by Gasteiger charge is 2.19. The molecule has 3 aromatic rings. The minimum atomic E-state index is -0.982. The van der Waals surface area contributed by atoms with Crippen molar-refractivity contribution in [2.45, 2.75) is 6.42 Å². The first-order chi connectivity index (χ1) is 12.0. The summed E-state index contributed by atoms with van der Waals surface area (Å²) in [6.07, 6.45) is -0.217. The first kappa shape index (κ1) is 16.6. The maximum Gasteiger partial charge on any atom is 0.307 e. The predicted octanol–water partition coefficient (Wildman–Crippen LogP) is 2.70. The Kier molecular flexibility index (Phi) is 4.22. The van der Waals surface area contributed by atoms with Crippen molar-refractivity contribution in [3.63, 3.8) is 0 Å². The van der Waals surface area contributed by atoms with E-state index in [0.717, 1.165) is 5.69 Å². The van der Waals surface area contributed by atoms with E-state index in [1.54, 1.807) is 39.3 Å². The van der Waals surface area contributed by atoms with E-state index in [4.69, 9.17) is 9.52 Å². The van der Waals surface area contributed by atoms with Gasteiger partial charge in [0.15, 0.2) is 5.58 Å². The minimum Gasteiger partial charge on any atom is -0.481 e. The molecule has 4 N–H and O–H groups in total. The molecule has 0 fully saturated rings. The Morgan fingerprint density at radius 1 is 1.08 bits per heavy atom. The number of rotatable bonds is 5. The number of carboxylic acids is 1. The number of carboxylic acid groups (broad SMARTS) is 1. The molecule has 0 spiro atoms. The molecule has 0 unspecified atom stereocenters. The SMILES string of the molecule is CNc1cc(NC)c2c(=O)c3cccc(CC(=O)O)c3oc2c1NC. The number of hydrogen-bond acceptors (Lipinski definition) is 6. The molecule has 0 aliphatic rings. The van der Waals surface area contributed by atoms with Crippen molar-refractivity contribution >= 4 is 45.0 Å². The summed E-state index contributed by atoms with van der Waals surface area (Å²) in [6.45, 7) is 0. The number of para-hydroxylation sites is 1. The Morgan fingerprint density at radius 3 is 2.40 bits per heavy atom. The van der Waals surface area contributed by atoms with Crippen molar-refractivity contribution in [2.24, 2.45) is 0 Å². The second-order valence-corrected chi connectivity index (χ2v) is 5.60. The van der Waals surface area contributed by atoms with E-state index in [9.17, 15) is 9.59 Å². The summed E-state index contributed by atoms with van der Waals surface area (Å²) >= 11 is 0. The summed E-state index contributed by atoms with van der Waals surface area (Å²) in [5.74, 6) is -0.982. The van der Waals surface area contributed by atoms with Gasteiger partial charge in [0.1, 0.15) is 11.3 Å². The van der Waals surface area contributed by atoms with Crippen LogP contribution in [0.3, 0.4) is 0 Å². The quantitative estimate of drug-likeness (QED) is 0.529. The molecule has 25 heavy (non-hydrogen) atoms. The van der Waals surface area contributed by atoms with E-state index in [-0.39, 0.29) is 11.8 Å². The van der Waals surface area contributed by atoms with Crippen LogP contribution < -0.4 is 21.4 Å². The topological polar surface area (TPSA) is 104 Å². The molecule has 7 heteroatoms. The number of hydrogen-bond donors (Lipinski definition) is 4. The fraction of sp³-hybridized carbons (Fsp3) is 0.222. The number of anilines is 3. The molecule has 3 rings (SSSR count). The van der Waals surface area contributed by atoms with E-state index in [0.29, 0.717) is 38.9 Å². The van der Waals surface area contributed by atoms with Gasteiger partial charge in [-0.05, 0) is 12.1 Å². The number of fused-ring (bicyclic) bond motifs is 2. The van der Waals surface area contributed by atoms with Crippen LogP contribution in [0.15, 0.2) is 33.5 Å². The Morgan fingerprint density at radius 2 is 1.80 bits per heavy atom. The monoisotopic (exact) mass is 341 g/mol. The van der Waals surface area contributed by atoms with Crippen molar-refractivity contribution in [2.75, 3.05) is 37.1 Å². The van der Waals surface area contributed by atoms with Crippen LogP contribution in [0.4, 0.5) is 17.1 Å². The Bertz CT molecular complexity index is 1040. The fourth-order valence-electron chi connectivity index (χ4n) is 3.05. The summed E-state index contributed by atoms with van der Waals surface area (Å²) in [5, 5.41) is 19.1. The zero-order chi connectivity index (χ0) is 18.1. The predicted molar refractivity (Wildman–Crippen MR) is 100.0 cm³/mol. The summed E-state index contributed by atoms with van der Waals surface area (Å²) in [7, 11) is 5.25. The molecule has 1 aromatic heterocycles. The Labute approximate surface area is 143 Å². The molecule has 0 radical (unpaired) electrons. The lowest BCUT2D eigenvalue weighted by Gasteiger charge is -2.16. The molecule has 7 nitrogen and oxygen atoms in total. The maximum absolute atomic E-state index is 13.1. The molecule has 0 atom stereocenters. The van der Waals surface area contributed by atoms with E-state index in [2.05, 4.69) is 16.0 Å². The molecule has 0 amide bonds. The molecular formula is C18H19N3O4. The van der Waals surface area contributed by atoms with Crippen LogP contribution in [-0.2, 0) is 11.2 Å². The lowest BCUT2D eigenvalue weighted by Crippen LogP contribution is -2.10. The minimum absolute atomic E-state index is 0.202. The van der Waals surface area contributed by atoms with Crippen LogP contribution in [0.1, 0.15) is 5.56 Å². The smallest absolute Gasteiger partial charge is 0.307 e. The van der Waals surface area contributed by atoms with Gasteiger partial charge >= 0.3 is 5.97 Å². The normalized spacial score (nSPS) is 10.8. The Hall–Kier alpha value is -3.22. The third-order valence-electron chi connectivity index (χ3n) is 4.18. The highest BCUT2D eigenvalue weighted by molar-refractivity contribution is 6.07. The van der Waals surface area contributed by atoms with E-state index in [1.165, 1.54) is 0 Å². The van der Waals surface area contributed by atoms with E-state index in [1.807, 2.05) is 6.07 Å². The van der Waals surface area contributed by atoms with Gasteiger partial charge in [-0.3, -0.25) is 9.59 Å². The van der Waals surface area contributed by atoms with Crippen LogP contribution in [0, 0.1) is 0 Å². The van der Waals surface area contributed by atoms with Gasteiger partial charge in [0.05, 0.1) is 28.6 Å². The average molecular weight is 341 g/mol. The zero-order valence-electron chi connectivity index (χ0n) is 14.2. The van der Waals surface area contributed by atoms with Gasteiger partial charge in [-0.25, -0.2) is 0 Å². The average Bonchev–Trinajstić information content (AvgIpc) is 2.60. The zero-order valence-corrected chi connectivity index (χ0v) is 14.2. The van der Waals surface area contributed by atoms with Crippen LogP contribution >= 0.6 is 0 Å². The molecule has 1 heterocycles.